The molecule has 2 aromatic carbocycles. The molecule has 0 aromatic heterocycles. The molecule has 2 aliphatic rings. The molecule has 4 unspecified atom stereocenters. The number of nitriles is 1. The molecular formula is C25H28FN5O2. The second-order valence-electron chi connectivity index (χ2n) is 8.77. The first-order valence-corrected chi connectivity index (χ1v) is 11.3. The van der Waals surface area contributed by atoms with Gasteiger partial charge >= 0.3 is 6.03 Å². The Bertz CT molecular complexity index is 1070. The molecule has 172 valence electrons. The van der Waals surface area contributed by atoms with E-state index in [2.05, 4.69) is 16.7 Å². The van der Waals surface area contributed by atoms with Gasteiger partial charge in [-0.2, -0.15) is 5.26 Å². The molecule has 8 heteroatoms. The highest BCUT2D eigenvalue weighted by atomic mass is 19.1. The normalized spacial score (nSPS) is 23.3. The first kappa shape index (κ1) is 22.7. The minimum atomic E-state index is -0.469. The molecule has 0 bridgehead atoms. The number of likely N-dealkylation sites (N-methyl/N-ethyl adjacent to an activating group) is 1. The predicted octanol–water partition coefficient (Wildman–Crippen LogP) is 4.07. The summed E-state index contributed by atoms with van der Waals surface area (Å²) in [5.74, 6) is -0.482. The van der Waals surface area contributed by atoms with Crippen LogP contribution in [0, 0.1) is 23.1 Å². The fourth-order valence-corrected chi connectivity index (χ4v) is 4.75. The van der Waals surface area contributed by atoms with E-state index >= 15 is 0 Å². The van der Waals surface area contributed by atoms with Crippen molar-refractivity contribution in [2.45, 2.75) is 50.9 Å². The molecule has 1 saturated heterocycles. The number of nitrogens with zero attached hydrogens (tertiary/aromatic N) is 3. The van der Waals surface area contributed by atoms with Gasteiger partial charge in [-0.1, -0.05) is 18.9 Å². The molecule has 2 fully saturated rings. The highest BCUT2D eigenvalue weighted by molar-refractivity contribution is 5.97. The van der Waals surface area contributed by atoms with Crippen molar-refractivity contribution in [2.24, 2.45) is 5.92 Å². The van der Waals surface area contributed by atoms with E-state index in [0.29, 0.717) is 16.9 Å². The van der Waals surface area contributed by atoms with Crippen molar-refractivity contribution in [3.8, 4) is 6.07 Å². The van der Waals surface area contributed by atoms with Crippen LogP contribution in [0.5, 0.6) is 0 Å². The quantitative estimate of drug-likeness (QED) is 0.737. The third kappa shape index (κ3) is 4.69. The van der Waals surface area contributed by atoms with Crippen molar-refractivity contribution in [2.75, 3.05) is 17.3 Å². The van der Waals surface area contributed by atoms with Crippen LogP contribution in [0.4, 0.5) is 20.6 Å². The summed E-state index contributed by atoms with van der Waals surface area (Å²) in [6.45, 7) is 1.88. The van der Waals surface area contributed by atoms with Gasteiger partial charge in [0.1, 0.15) is 12.0 Å². The lowest BCUT2D eigenvalue weighted by atomic mass is 9.81. The topological polar surface area (TPSA) is 88.5 Å². The number of anilines is 2. The molecule has 1 saturated carbocycles. The maximum atomic E-state index is 13.6. The molecule has 1 aliphatic carbocycles. The van der Waals surface area contributed by atoms with Crippen molar-refractivity contribution < 1.29 is 14.0 Å². The zero-order chi connectivity index (χ0) is 23.5. The maximum absolute atomic E-state index is 13.6. The summed E-state index contributed by atoms with van der Waals surface area (Å²) in [5.41, 5.74) is 1.58. The van der Waals surface area contributed by atoms with Crippen molar-refractivity contribution in [3.05, 3.63) is 59.9 Å². The molecule has 0 spiro atoms. The number of carbonyl (C=O) groups excluding carboxylic acids is 2. The van der Waals surface area contributed by atoms with E-state index in [1.165, 1.54) is 12.1 Å². The number of urea groups is 1. The van der Waals surface area contributed by atoms with Crippen molar-refractivity contribution in [1.82, 2.24) is 10.2 Å². The highest BCUT2D eigenvalue weighted by Crippen LogP contribution is 2.34. The Morgan fingerprint density at radius 1 is 1.24 bits per heavy atom. The van der Waals surface area contributed by atoms with Crippen LogP contribution in [0.25, 0.3) is 0 Å². The van der Waals surface area contributed by atoms with E-state index in [1.807, 2.05) is 6.92 Å². The molecule has 0 radical (unpaired) electrons. The average molecular weight is 450 g/mol. The third-order valence-corrected chi connectivity index (χ3v) is 6.72. The summed E-state index contributed by atoms with van der Waals surface area (Å²) in [4.78, 5) is 29.8. The van der Waals surface area contributed by atoms with Gasteiger partial charge in [-0.25, -0.2) is 9.18 Å². The Labute approximate surface area is 193 Å². The standard InChI is InChI=1S/C25H28FN5O2/c1-16(30(2)25(33)28-19-7-5-6-17(14-19)15-27)23-29-22-9-4-3-8-21(22)24(32)31(23)20-12-10-18(26)11-13-20/h5-7,10-14,16,21-23,29H,3-4,8-9H2,1-2H3,(H,28,33). The van der Waals surface area contributed by atoms with E-state index in [1.54, 1.807) is 53.2 Å². The van der Waals surface area contributed by atoms with Gasteiger partial charge in [0.2, 0.25) is 5.91 Å². The molecule has 2 aromatic rings. The van der Waals surface area contributed by atoms with Crippen LogP contribution in [0.15, 0.2) is 48.5 Å². The smallest absolute Gasteiger partial charge is 0.321 e. The minimum absolute atomic E-state index is 0.0115. The zero-order valence-electron chi connectivity index (χ0n) is 18.8. The molecule has 3 amide bonds. The largest absolute Gasteiger partial charge is 0.321 e. The summed E-state index contributed by atoms with van der Waals surface area (Å²) >= 11 is 0. The van der Waals surface area contributed by atoms with Crippen molar-refractivity contribution in [3.63, 3.8) is 0 Å². The Kier molecular flexibility index (Phi) is 6.61. The van der Waals surface area contributed by atoms with Gasteiger partial charge in [-0.3, -0.25) is 15.0 Å². The lowest BCUT2D eigenvalue weighted by Crippen LogP contribution is -2.69. The number of hydrogen-bond acceptors (Lipinski definition) is 4. The SMILES string of the molecule is CC(C1NC2CCCCC2C(=O)N1c1ccc(F)cc1)N(C)C(=O)Nc1cccc(C#N)c1. The number of fused-ring (bicyclic) bond motifs is 1. The van der Waals surface area contributed by atoms with Gasteiger partial charge in [0.15, 0.2) is 0 Å². The third-order valence-electron chi connectivity index (χ3n) is 6.72. The molecule has 4 rings (SSSR count). The number of benzene rings is 2. The Balaban J connectivity index is 1.58. The van der Waals surface area contributed by atoms with Crippen molar-refractivity contribution >= 4 is 23.3 Å². The Morgan fingerprint density at radius 3 is 2.70 bits per heavy atom. The lowest BCUT2D eigenvalue weighted by molar-refractivity contribution is -0.127. The van der Waals surface area contributed by atoms with Crippen LogP contribution in [0.2, 0.25) is 0 Å². The fourth-order valence-electron chi connectivity index (χ4n) is 4.75. The van der Waals surface area contributed by atoms with Crippen LogP contribution in [0.3, 0.4) is 0 Å². The predicted molar refractivity (Wildman–Crippen MR) is 124 cm³/mol. The van der Waals surface area contributed by atoms with Crippen molar-refractivity contribution in [1.29, 1.82) is 5.26 Å². The lowest BCUT2D eigenvalue weighted by Gasteiger charge is -2.49. The molecule has 33 heavy (non-hydrogen) atoms. The monoisotopic (exact) mass is 449 g/mol. The summed E-state index contributed by atoms with van der Waals surface area (Å²) in [6.07, 6.45) is 3.33. The van der Waals surface area contributed by atoms with E-state index in [0.717, 1.165) is 25.7 Å². The molecule has 1 heterocycles. The second-order valence-corrected chi connectivity index (χ2v) is 8.77. The number of amides is 3. The maximum Gasteiger partial charge on any atom is 0.321 e. The number of nitrogens with one attached hydrogen (secondary N) is 2. The fraction of sp³-hybridized carbons (Fsp3) is 0.400. The first-order chi connectivity index (χ1) is 15.9. The van der Waals surface area contributed by atoms with Crippen LogP contribution < -0.4 is 15.5 Å². The minimum Gasteiger partial charge on any atom is -0.321 e. The summed E-state index contributed by atoms with van der Waals surface area (Å²) < 4.78 is 13.6. The summed E-state index contributed by atoms with van der Waals surface area (Å²) in [5, 5.41) is 15.5. The van der Waals surface area contributed by atoms with Gasteiger partial charge in [-0.15, -0.1) is 0 Å². The van der Waals surface area contributed by atoms with Gasteiger partial charge < -0.3 is 10.2 Å². The van der Waals surface area contributed by atoms with Crippen LogP contribution >= 0.6 is 0 Å². The van der Waals surface area contributed by atoms with Gasteiger partial charge in [0.05, 0.1) is 23.6 Å². The highest BCUT2D eigenvalue weighted by Gasteiger charge is 2.45. The Morgan fingerprint density at radius 2 is 1.97 bits per heavy atom. The van der Waals surface area contributed by atoms with Gasteiger partial charge in [-0.05, 0) is 62.2 Å². The van der Waals surface area contributed by atoms with E-state index in [4.69, 9.17) is 5.26 Å². The molecular weight excluding hydrogens is 421 g/mol. The first-order valence-electron chi connectivity index (χ1n) is 11.3. The average Bonchev–Trinajstić information content (AvgIpc) is 2.84. The van der Waals surface area contributed by atoms with Gasteiger partial charge in [0, 0.05) is 24.5 Å². The van der Waals surface area contributed by atoms with E-state index < -0.39 is 6.17 Å². The Hall–Kier alpha value is -3.44. The number of rotatable bonds is 4. The molecule has 1 aliphatic heterocycles. The van der Waals surface area contributed by atoms with Gasteiger partial charge in [0.25, 0.3) is 0 Å². The molecule has 2 N–H and O–H groups in total. The molecule has 7 nitrogen and oxygen atoms in total. The zero-order valence-corrected chi connectivity index (χ0v) is 18.8. The van der Waals surface area contributed by atoms with E-state index in [-0.39, 0.29) is 35.8 Å². The van der Waals surface area contributed by atoms with Crippen LogP contribution in [-0.4, -0.2) is 42.1 Å². The second kappa shape index (κ2) is 9.59. The number of hydrogen-bond donors (Lipinski definition) is 2. The number of carbonyl (C=O) groups is 2. The number of halogens is 1. The van der Waals surface area contributed by atoms with E-state index in [9.17, 15) is 14.0 Å². The molecule has 4 atom stereocenters. The summed E-state index contributed by atoms with van der Waals surface area (Å²) in [6, 6.07) is 14.0. The summed E-state index contributed by atoms with van der Waals surface area (Å²) in [7, 11) is 1.68. The van der Waals surface area contributed by atoms with Crippen LogP contribution in [0.1, 0.15) is 38.2 Å². The van der Waals surface area contributed by atoms with Crippen LogP contribution in [-0.2, 0) is 4.79 Å².